The Labute approximate surface area is 118 Å². The minimum atomic E-state index is -4.30. The second-order valence-electron chi connectivity index (χ2n) is 3.95. The van der Waals surface area contributed by atoms with Gasteiger partial charge in [0, 0.05) is 17.1 Å². The Morgan fingerprint density at radius 3 is 2.58 bits per heavy atom. The molecular formula is C12H15BrF3NO2. The van der Waals surface area contributed by atoms with Crippen LogP contribution in [0.5, 0.6) is 5.75 Å². The van der Waals surface area contributed by atoms with Crippen LogP contribution in [0.2, 0.25) is 0 Å². The second-order valence-corrected chi connectivity index (χ2v) is 4.80. The largest absolute Gasteiger partial charge is 0.497 e. The predicted molar refractivity (Wildman–Crippen MR) is 69.1 cm³/mol. The Balaban J connectivity index is 2.47. The van der Waals surface area contributed by atoms with Crippen LogP contribution in [0.4, 0.5) is 13.2 Å². The summed E-state index contributed by atoms with van der Waals surface area (Å²) in [7, 11) is 1.55. The topological polar surface area (TPSA) is 44.5 Å². The third-order valence-corrected chi connectivity index (χ3v) is 3.13. The monoisotopic (exact) mass is 341 g/mol. The summed E-state index contributed by atoms with van der Waals surface area (Å²) in [5.41, 5.74) is 6.71. The third-order valence-electron chi connectivity index (χ3n) is 2.45. The van der Waals surface area contributed by atoms with E-state index in [1.54, 1.807) is 25.3 Å². The van der Waals surface area contributed by atoms with Crippen LogP contribution in [0.15, 0.2) is 22.7 Å². The lowest BCUT2D eigenvalue weighted by molar-refractivity contribution is -0.174. The Kier molecular flexibility index (Phi) is 6.09. The van der Waals surface area contributed by atoms with Gasteiger partial charge in [-0.25, -0.2) is 0 Å². The van der Waals surface area contributed by atoms with Crippen molar-refractivity contribution in [2.75, 3.05) is 20.3 Å². The second kappa shape index (κ2) is 7.12. The summed E-state index contributed by atoms with van der Waals surface area (Å²) in [4.78, 5) is 0. The molecule has 3 nitrogen and oxygen atoms in total. The van der Waals surface area contributed by atoms with Gasteiger partial charge in [0.15, 0.2) is 0 Å². The van der Waals surface area contributed by atoms with Crippen LogP contribution in [0, 0.1) is 0 Å². The first-order valence-electron chi connectivity index (χ1n) is 5.57. The maximum Gasteiger partial charge on any atom is 0.411 e. The van der Waals surface area contributed by atoms with Crippen molar-refractivity contribution in [2.24, 2.45) is 5.73 Å². The zero-order valence-corrected chi connectivity index (χ0v) is 11.9. The number of ether oxygens (including phenoxy) is 2. The Hall–Kier alpha value is -0.790. The van der Waals surface area contributed by atoms with Gasteiger partial charge in [-0.3, -0.25) is 0 Å². The Bertz CT molecular complexity index is 412. The summed E-state index contributed by atoms with van der Waals surface area (Å²) in [5, 5.41) is 0. The normalized spacial score (nSPS) is 13.4. The summed E-state index contributed by atoms with van der Waals surface area (Å²) >= 11 is 3.35. The fourth-order valence-electron chi connectivity index (χ4n) is 1.49. The van der Waals surface area contributed by atoms with Crippen LogP contribution < -0.4 is 10.5 Å². The average molecular weight is 342 g/mol. The molecule has 0 bridgehead atoms. The minimum Gasteiger partial charge on any atom is -0.497 e. The van der Waals surface area contributed by atoms with Crippen LogP contribution in [-0.2, 0) is 4.74 Å². The minimum absolute atomic E-state index is 0.0425. The molecule has 1 rings (SSSR count). The van der Waals surface area contributed by atoms with E-state index in [0.717, 1.165) is 10.0 Å². The molecular weight excluding hydrogens is 327 g/mol. The molecule has 108 valence electrons. The lowest BCUT2D eigenvalue weighted by Crippen LogP contribution is -2.20. The van der Waals surface area contributed by atoms with E-state index in [1.165, 1.54) is 0 Å². The van der Waals surface area contributed by atoms with Gasteiger partial charge in [0.1, 0.15) is 12.4 Å². The molecule has 2 N–H and O–H groups in total. The van der Waals surface area contributed by atoms with Gasteiger partial charge in [-0.05, 0) is 24.1 Å². The summed E-state index contributed by atoms with van der Waals surface area (Å²) in [6.45, 7) is -1.29. The molecule has 0 radical (unpaired) electrons. The first kappa shape index (κ1) is 16.3. The number of hydrogen-bond acceptors (Lipinski definition) is 3. The van der Waals surface area contributed by atoms with Gasteiger partial charge in [0.05, 0.1) is 7.11 Å². The summed E-state index contributed by atoms with van der Waals surface area (Å²) in [6, 6.07) is 4.88. The molecule has 0 spiro atoms. The van der Waals surface area contributed by atoms with Crippen molar-refractivity contribution in [2.45, 2.75) is 18.6 Å². The summed E-state index contributed by atoms with van der Waals surface area (Å²) < 4.78 is 46.0. The number of hydrogen-bond donors (Lipinski definition) is 1. The molecule has 0 heterocycles. The number of methoxy groups -OCH3 is 1. The van der Waals surface area contributed by atoms with Crippen LogP contribution >= 0.6 is 15.9 Å². The number of benzene rings is 1. The van der Waals surface area contributed by atoms with Crippen LogP contribution in [0.1, 0.15) is 18.0 Å². The smallest absolute Gasteiger partial charge is 0.411 e. The van der Waals surface area contributed by atoms with Gasteiger partial charge >= 0.3 is 6.18 Å². The molecule has 0 aliphatic carbocycles. The molecule has 0 fully saturated rings. The highest BCUT2D eigenvalue weighted by atomic mass is 79.9. The lowest BCUT2D eigenvalue weighted by atomic mass is 10.1. The highest BCUT2D eigenvalue weighted by Gasteiger charge is 2.27. The van der Waals surface area contributed by atoms with Crippen LogP contribution in [0.25, 0.3) is 0 Å². The number of nitrogens with two attached hydrogens (primary N) is 1. The van der Waals surface area contributed by atoms with E-state index in [0.29, 0.717) is 12.2 Å². The molecule has 1 aromatic rings. The van der Waals surface area contributed by atoms with E-state index in [9.17, 15) is 13.2 Å². The van der Waals surface area contributed by atoms with Crippen molar-refractivity contribution in [3.05, 3.63) is 28.2 Å². The fourth-order valence-corrected chi connectivity index (χ4v) is 2.14. The Morgan fingerprint density at radius 1 is 1.37 bits per heavy atom. The predicted octanol–water partition coefficient (Wildman–Crippen LogP) is 3.43. The van der Waals surface area contributed by atoms with Crippen molar-refractivity contribution >= 4 is 15.9 Å². The molecule has 1 unspecified atom stereocenters. The number of halogens is 4. The van der Waals surface area contributed by atoms with E-state index < -0.39 is 18.8 Å². The molecule has 1 atom stereocenters. The molecule has 0 saturated carbocycles. The van der Waals surface area contributed by atoms with E-state index in [2.05, 4.69) is 20.7 Å². The van der Waals surface area contributed by atoms with Gasteiger partial charge in [-0.2, -0.15) is 13.2 Å². The zero-order chi connectivity index (χ0) is 14.5. The van der Waals surface area contributed by atoms with Gasteiger partial charge < -0.3 is 15.2 Å². The van der Waals surface area contributed by atoms with Gasteiger partial charge in [0.25, 0.3) is 0 Å². The van der Waals surface area contributed by atoms with E-state index >= 15 is 0 Å². The lowest BCUT2D eigenvalue weighted by Gasteiger charge is -2.15. The van der Waals surface area contributed by atoms with E-state index in [-0.39, 0.29) is 6.61 Å². The average Bonchev–Trinajstić information content (AvgIpc) is 2.33. The molecule has 0 aliphatic heterocycles. The van der Waals surface area contributed by atoms with Crippen molar-refractivity contribution in [1.29, 1.82) is 0 Å². The molecule has 19 heavy (non-hydrogen) atoms. The maximum absolute atomic E-state index is 11.9. The number of rotatable bonds is 6. The van der Waals surface area contributed by atoms with Crippen molar-refractivity contribution in [3.8, 4) is 5.75 Å². The van der Waals surface area contributed by atoms with E-state index in [1.807, 2.05) is 0 Å². The molecule has 0 aliphatic rings. The molecule has 1 aromatic carbocycles. The first-order valence-corrected chi connectivity index (χ1v) is 6.36. The zero-order valence-electron chi connectivity index (χ0n) is 10.3. The molecule has 0 aromatic heterocycles. The number of alkyl halides is 3. The highest BCUT2D eigenvalue weighted by Crippen LogP contribution is 2.28. The molecule has 0 amide bonds. The molecule has 7 heteroatoms. The van der Waals surface area contributed by atoms with Gasteiger partial charge in [0.2, 0.25) is 0 Å². The summed E-state index contributed by atoms with van der Waals surface area (Å²) in [6.07, 6.45) is -3.99. The SMILES string of the molecule is COc1ccc(C(N)CCOCC(F)(F)F)c(Br)c1. The van der Waals surface area contributed by atoms with Crippen molar-refractivity contribution in [3.63, 3.8) is 0 Å². The van der Waals surface area contributed by atoms with Crippen LogP contribution in [-0.4, -0.2) is 26.5 Å². The molecule has 0 saturated heterocycles. The quantitative estimate of drug-likeness (QED) is 0.806. The first-order chi connectivity index (χ1) is 8.83. The van der Waals surface area contributed by atoms with Crippen molar-refractivity contribution < 1.29 is 22.6 Å². The fraction of sp³-hybridized carbons (Fsp3) is 0.500. The highest BCUT2D eigenvalue weighted by molar-refractivity contribution is 9.10. The van der Waals surface area contributed by atoms with E-state index in [4.69, 9.17) is 10.5 Å². The Morgan fingerprint density at radius 2 is 2.05 bits per heavy atom. The standard InChI is InChI=1S/C12H15BrF3NO2/c1-18-8-2-3-9(10(13)6-8)11(17)4-5-19-7-12(14,15)16/h2-3,6,11H,4-5,7,17H2,1H3. The van der Waals surface area contributed by atoms with Crippen molar-refractivity contribution in [1.82, 2.24) is 0 Å². The summed E-state index contributed by atoms with van der Waals surface area (Å²) in [5.74, 6) is 0.677. The third kappa shape index (κ3) is 5.80. The van der Waals surface area contributed by atoms with Gasteiger partial charge in [-0.15, -0.1) is 0 Å². The van der Waals surface area contributed by atoms with Crippen LogP contribution in [0.3, 0.4) is 0 Å². The van der Waals surface area contributed by atoms with Gasteiger partial charge in [-0.1, -0.05) is 22.0 Å². The maximum atomic E-state index is 11.9.